The summed E-state index contributed by atoms with van der Waals surface area (Å²) < 4.78 is 48.9. The monoisotopic (exact) mass is 231 g/mol. The zero-order valence-electron chi connectivity index (χ0n) is 7.69. The van der Waals surface area contributed by atoms with Gasteiger partial charge in [-0.15, -0.1) is 12.7 Å². The third kappa shape index (κ3) is 3.51. The predicted octanol–water partition coefficient (Wildman–Crippen LogP) is 0.484. The van der Waals surface area contributed by atoms with E-state index < -0.39 is 17.6 Å². The molecule has 0 spiro atoms. The van der Waals surface area contributed by atoms with Gasteiger partial charge in [0.25, 0.3) is 0 Å². The van der Waals surface area contributed by atoms with E-state index in [2.05, 4.69) is 5.32 Å². The Morgan fingerprint density at radius 2 is 1.79 bits per heavy atom. The minimum Gasteiger partial charge on any atom is -0.687 e. The number of halogens is 4. The fraction of sp³-hybridized carbons (Fsp3) is 0.250. The normalized spacial score (nSPS) is 10.6. The molecule has 0 heterocycles. The maximum atomic E-state index is 12.6. The van der Waals surface area contributed by atoms with Gasteiger partial charge in [0.1, 0.15) is 5.82 Å². The van der Waals surface area contributed by atoms with Crippen LogP contribution in [-0.4, -0.2) is 7.05 Å². The summed E-state index contributed by atoms with van der Waals surface area (Å²) in [7, 11) is 1.34. The summed E-state index contributed by atoms with van der Waals surface area (Å²) in [6.07, 6.45) is -4.66. The van der Waals surface area contributed by atoms with Gasteiger partial charge in [-0.25, -0.2) is 4.39 Å². The molecule has 72 valence electrons. The molecule has 0 unspecified atom stereocenters. The van der Waals surface area contributed by atoms with E-state index in [1.165, 1.54) is 13.1 Å². The number of alkyl halides is 3. The zero-order valence-corrected chi connectivity index (χ0v) is 10.8. The van der Waals surface area contributed by atoms with Crippen LogP contribution in [0, 0.1) is 5.82 Å². The third-order valence-electron chi connectivity index (χ3n) is 1.51. The zero-order chi connectivity index (χ0) is 10.1. The van der Waals surface area contributed by atoms with Crippen LogP contribution in [0.5, 0.6) is 0 Å². The Balaban J connectivity index is 0.00000169. The molecule has 0 radical (unpaired) electrons. The predicted molar refractivity (Wildman–Crippen MR) is 40.3 cm³/mol. The SMILES string of the molecule is C[N-]c1ccc(F)c(C(F)(F)F)c1.[K+]. The number of benzene rings is 1. The second kappa shape index (κ2) is 5.46. The van der Waals surface area contributed by atoms with E-state index in [4.69, 9.17) is 0 Å². The smallest absolute Gasteiger partial charge is 0.687 e. The van der Waals surface area contributed by atoms with E-state index in [0.29, 0.717) is 6.07 Å². The molecular formula is C8H6F4KN. The average Bonchev–Trinajstić information content (AvgIpc) is 2.03. The first-order valence-electron chi connectivity index (χ1n) is 3.41. The molecule has 0 aliphatic rings. The van der Waals surface area contributed by atoms with Crippen LogP contribution in [0.15, 0.2) is 18.2 Å². The molecule has 1 rings (SSSR count). The molecule has 0 N–H and O–H groups in total. The number of hydrogen-bond donors (Lipinski definition) is 0. The van der Waals surface area contributed by atoms with Crippen molar-refractivity contribution in [3.8, 4) is 0 Å². The minimum absolute atomic E-state index is 0. The molecular weight excluding hydrogens is 225 g/mol. The second-order valence-corrected chi connectivity index (χ2v) is 2.39. The Kier molecular flexibility index (Phi) is 5.60. The van der Waals surface area contributed by atoms with E-state index in [-0.39, 0.29) is 57.1 Å². The topological polar surface area (TPSA) is 14.1 Å². The van der Waals surface area contributed by atoms with Gasteiger partial charge in [0.05, 0.1) is 5.56 Å². The largest absolute Gasteiger partial charge is 1.00 e. The first kappa shape index (κ1) is 14.4. The molecule has 0 bridgehead atoms. The second-order valence-electron chi connectivity index (χ2n) is 2.39. The molecule has 0 aliphatic carbocycles. The standard InChI is InChI=1S/C8H6F4N.K/c1-13-5-2-3-7(9)6(4-5)8(10,11)12;/h2-4H,1H3;/q-1;+1. The van der Waals surface area contributed by atoms with Gasteiger partial charge in [-0.1, -0.05) is 12.1 Å². The van der Waals surface area contributed by atoms with Gasteiger partial charge >= 0.3 is 57.6 Å². The number of rotatable bonds is 1. The molecule has 1 nitrogen and oxygen atoms in total. The average molecular weight is 231 g/mol. The Bertz CT molecular complexity index is 311. The van der Waals surface area contributed by atoms with Gasteiger partial charge in [-0.3, -0.25) is 0 Å². The van der Waals surface area contributed by atoms with Gasteiger partial charge in [0.2, 0.25) is 0 Å². The third-order valence-corrected chi connectivity index (χ3v) is 1.51. The molecule has 0 saturated carbocycles. The molecule has 14 heavy (non-hydrogen) atoms. The summed E-state index contributed by atoms with van der Waals surface area (Å²) in [6, 6.07) is 2.62. The van der Waals surface area contributed by atoms with Crippen molar-refractivity contribution in [1.29, 1.82) is 0 Å². The molecule has 0 aliphatic heterocycles. The molecule has 1 aromatic rings. The van der Waals surface area contributed by atoms with Crippen LogP contribution in [0.1, 0.15) is 5.56 Å². The van der Waals surface area contributed by atoms with E-state index in [1.54, 1.807) is 0 Å². The summed E-state index contributed by atoms with van der Waals surface area (Å²) in [4.78, 5) is 0. The van der Waals surface area contributed by atoms with Gasteiger partial charge in [0.15, 0.2) is 0 Å². The van der Waals surface area contributed by atoms with Gasteiger partial charge in [-0.2, -0.15) is 13.2 Å². The number of nitrogens with zero attached hydrogens (tertiary/aromatic N) is 1. The van der Waals surface area contributed by atoms with E-state index in [1.807, 2.05) is 0 Å². The first-order chi connectivity index (χ1) is 5.95. The molecule has 0 saturated heterocycles. The maximum Gasteiger partial charge on any atom is 1.00 e. The van der Waals surface area contributed by atoms with Crippen molar-refractivity contribution in [2.45, 2.75) is 6.18 Å². The molecule has 0 amide bonds. The van der Waals surface area contributed by atoms with Gasteiger partial charge in [-0.05, 0) is 6.07 Å². The fourth-order valence-corrected chi connectivity index (χ4v) is 0.870. The van der Waals surface area contributed by atoms with Crippen molar-refractivity contribution < 1.29 is 68.9 Å². The summed E-state index contributed by atoms with van der Waals surface area (Å²) in [6.45, 7) is 0. The quantitative estimate of drug-likeness (QED) is 0.493. The van der Waals surface area contributed by atoms with E-state index in [0.717, 1.165) is 6.07 Å². The minimum atomic E-state index is -4.66. The Morgan fingerprint density at radius 1 is 1.21 bits per heavy atom. The van der Waals surface area contributed by atoms with Crippen molar-refractivity contribution in [3.63, 3.8) is 0 Å². The summed E-state index contributed by atoms with van der Waals surface area (Å²) >= 11 is 0. The molecule has 0 aromatic heterocycles. The van der Waals surface area contributed by atoms with Crippen molar-refractivity contribution in [2.75, 3.05) is 7.05 Å². The fourth-order valence-electron chi connectivity index (χ4n) is 0.870. The van der Waals surface area contributed by atoms with Crippen LogP contribution in [0.4, 0.5) is 23.2 Å². The van der Waals surface area contributed by atoms with Crippen LogP contribution in [0.3, 0.4) is 0 Å². The Labute approximate surface area is 121 Å². The molecule has 0 fully saturated rings. The van der Waals surface area contributed by atoms with Crippen molar-refractivity contribution in [2.24, 2.45) is 0 Å². The van der Waals surface area contributed by atoms with Crippen molar-refractivity contribution in [1.82, 2.24) is 0 Å². The molecule has 0 atom stereocenters. The van der Waals surface area contributed by atoms with Gasteiger partial charge in [0, 0.05) is 0 Å². The van der Waals surface area contributed by atoms with Crippen molar-refractivity contribution in [3.05, 3.63) is 34.9 Å². The van der Waals surface area contributed by atoms with Crippen LogP contribution in [0.2, 0.25) is 0 Å². The Morgan fingerprint density at radius 3 is 2.21 bits per heavy atom. The first-order valence-corrected chi connectivity index (χ1v) is 3.41. The summed E-state index contributed by atoms with van der Waals surface area (Å²) in [5.41, 5.74) is -1.18. The van der Waals surface area contributed by atoms with Crippen LogP contribution >= 0.6 is 0 Å². The van der Waals surface area contributed by atoms with E-state index in [9.17, 15) is 17.6 Å². The van der Waals surface area contributed by atoms with Crippen molar-refractivity contribution >= 4 is 5.69 Å². The van der Waals surface area contributed by atoms with Crippen LogP contribution in [0.25, 0.3) is 5.32 Å². The Hall–Kier alpha value is 0.376. The maximum absolute atomic E-state index is 12.6. The summed E-state index contributed by atoms with van der Waals surface area (Å²) in [5.74, 6) is -1.28. The van der Waals surface area contributed by atoms with Gasteiger partial charge < -0.3 is 5.32 Å². The summed E-state index contributed by atoms with van der Waals surface area (Å²) in [5, 5.41) is 3.52. The molecule has 6 heteroatoms. The van der Waals surface area contributed by atoms with Crippen LogP contribution < -0.4 is 51.4 Å². The molecule has 1 aromatic carbocycles. The van der Waals surface area contributed by atoms with E-state index >= 15 is 0 Å². The van der Waals surface area contributed by atoms with Crippen LogP contribution in [-0.2, 0) is 6.18 Å². The number of hydrogen-bond acceptors (Lipinski definition) is 0.